The Labute approximate surface area is 119 Å². The number of thioether (sulfide) groups is 1. The summed E-state index contributed by atoms with van der Waals surface area (Å²) in [7, 11) is 0. The normalized spacial score (nSPS) is 23.2. The fraction of sp³-hybridized carbons (Fsp3) is 0.571. The number of nitrogens with one attached hydrogen (secondary N) is 1. The Kier molecular flexibility index (Phi) is 4.69. The van der Waals surface area contributed by atoms with Crippen molar-refractivity contribution < 1.29 is 4.79 Å². The average molecular weight is 279 g/mol. The smallest absolute Gasteiger partial charge is 0.256 e. The van der Waals surface area contributed by atoms with Crippen molar-refractivity contribution in [3.05, 3.63) is 24.0 Å². The summed E-state index contributed by atoms with van der Waals surface area (Å²) in [5, 5.41) is 4.20. The summed E-state index contributed by atoms with van der Waals surface area (Å²) in [4.78, 5) is 18.7. The minimum Gasteiger partial charge on any atom is -0.383 e. The zero-order valence-electron chi connectivity index (χ0n) is 11.7. The number of aromatic nitrogens is 1. The molecule has 1 saturated heterocycles. The topological polar surface area (TPSA) is 45.2 Å². The fourth-order valence-electron chi connectivity index (χ4n) is 2.43. The van der Waals surface area contributed by atoms with E-state index in [2.05, 4.69) is 24.1 Å². The minimum atomic E-state index is 0.109. The van der Waals surface area contributed by atoms with Gasteiger partial charge in [-0.05, 0) is 13.0 Å². The largest absolute Gasteiger partial charge is 0.383 e. The molecule has 0 aliphatic carbocycles. The molecule has 2 unspecified atom stereocenters. The number of anilines is 1. The van der Waals surface area contributed by atoms with Crippen LogP contribution in [0.25, 0.3) is 0 Å². The van der Waals surface area contributed by atoms with Crippen molar-refractivity contribution in [2.24, 2.45) is 0 Å². The first-order valence-corrected chi connectivity index (χ1v) is 7.68. The molecule has 0 saturated carbocycles. The van der Waals surface area contributed by atoms with Crippen LogP contribution in [0.15, 0.2) is 18.5 Å². The molecule has 2 heterocycles. The van der Waals surface area contributed by atoms with Crippen molar-refractivity contribution in [1.82, 2.24) is 9.88 Å². The molecule has 4 nitrogen and oxygen atoms in total. The maximum Gasteiger partial charge on any atom is 0.256 e. The van der Waals surface area contributed by atoms with Crippen molar-refractivity contribution in [3.8, 4) is 0 Å². The summed E-state index contributed by atoms with van der Waals surface area (Å²) in [6.45, 7) is 8.80. The molecule has 19 heavy (non-hydrogen) atoms. The molecule has 1 fully saturated rings. The predicted octanol–water partition coefficient (Wildman–Crippen LogP) is 2.48. The fourth-order valence-corrected chi connectivity index (χ4v) is 3.75. The highest BCUT2D eigenvalue weighted by molar-refractivity contribution is 8.00. The summed E-state index contributed by atoms with van der Waals surface area (Å²) in [5.41, 5.74) is 1.55. The lowest BCUT2D eigenvalue weighted by Gasteiger charge is -2.35. The van der Waals surface area contributed by atoms with Crippen LogP contribution in [0.5, 0.6) is 0 Å². The van der Waals surface area contributed by atoms with Crippen molar-refractivity contribution in [3.63, 3.8) is 0 Å². The van der Waals surface area contributed by atoms with Gasteiger partial charge in [0.2, 0.25) is 0 Å². The Bertz CT molecular complexity index is 442. The number of carbonyl (C=O) groups excluding carboxylic acids is 1. The third kappa shape index (κ3) is 3.41. The monoisotopic (exact) mass is 279 g/mol. The molecular formula is C14H21N3OS. The Morgan fingerprint density at radius 2 is 2.16 bits per heavy atom. The zero-order chi connectivity index (χ0) is 13.8. The molecular weight excluding hydrogens is 258 g/mol. The Hall–Kier alpha value is -1.23. The number of nitrogens with zero attached hydrogens (tertiary/aromatic N) is 2. The molecule has 5 heteroatoms. The predicted molar refractivity (Wildman–Crippen MR) is 80.8 cm³/mol. The molecule has 0 spiro atoms. The maximum atomic E-state index is 12.6. The first-order valence-electron chi connectivity index (χ1n) is 6.74. The molecule has 0 aromatic carbocycles. The van der Waals surface area contributed by atoms with Crippen LogP contribution in [0, 0.1) is 0 Å². The van der Waals surface area contributed by atoms with Gasteiger partial charge in [0, 0.05) is 36.3 Å². The summed E-state index contributed by atoms with van der Waals surface area (Å²) in [5.74, 6) is 0.109. The molecule has 1 amide bonds. The zero-order valence-corrected chi connectivity index (χ0v) is 12.5. The van der Waals surface area contributed by atoms with Crippen molar-refractivity contribution in [1.29, 1.82) is 0 Å². The molecule has 0 radical (unpaired) electrons. The van der Waals surface area contributed by atoms with E-state index >= 15 is 0 Å². The summed E-state index contributed by atoms with van der Waals surface area (Å²) < 4.78 is 0. The van der Waals surface area contributed by atoms with E-state index < -0.39 is 0 Å². The third-order valence-corrected chi connectivity index (χ3v) is 4.35. The van der Waals surface area contributed by atoms with Gasteiger partial charge in [0.25, 0.3) is 5.91 Å². The van der Waals surface area contributed by atoms with Crippen molar-refractivity contribution in [2.45, 2.75) is 31.3 Å². The van der Waals surface area contributed by atoms with Gasteiger partial charge in [-0.1, -0.05) is 13.8 Å². The Morgan fingerprint density at radius 1 is 1.47 bits per heavy atom. The average Bonchev–Trinajstić information content (AvgIpc) is 2.38. The van der Waals surface area contributed by atoms with Gasteiger partial charge >= 0.3 is 0 Å². The molecule has 1 aromatic heterocycles. The molecule has 104 valence electrons. The van der Waals surface area contributed by atoms with Crippen LogP contribution in [0.1, 0.15) is 31.1 Å². The van der Waals surface area contributed by atoms with Crippen molar-refractivity contribution >= 4 is 23.4 Å². The highest BCUT2D eigenvalue weighted by Crippen LogP contribution is 2.26. The van der Waals surface area contributed by atoms with Crippen LogP contribution in [0.3, 0.4) is 0 Å². The number of amides is 1. The number of carbonyl (C=O) groups is 1. The molecule has 2 rings (SSSR count). The van der Waals surface area contributed by atoms with Gasteiger partial charge < -0.3 is 10.2 Å². The number of pyridine rings is 1. The van der Waals surface area contributed by atoms with E-state index in [0.717, 1.165) is 30.9 Å². The van der Waals surface area contributed by atoms with Crippen LogP contribution in [-0.4, -0.2) is 45.9 Å². The number of rotatable bonds is 3. The number of hydrogen-bond donors (Lipinski definition) is 1. The molecule has 2 atom stereocenters. The lowest BCUT2D eigenvalue weighted by Crippen LogP contribution is -2.44. The lowest BCUT2D eigenvalue weighted by atomic mass is 10.1. The van der Waals surface area contributed by atoms with Crippen LogP contribution < -0.4 is 5.32 Å². The molecule has 1 aliphatic heterocycles. The van der Waals surface area contributed by atoms with Gasteiger partial charge in [0.15, 0.2) is 0 Å². The second kappa shape index (κ2) is 6.28. The van der Waals surface area contributed by atoms with Gasteiger partial charge in [-0.25, -0.2) is 0 Å². The van der Waals surface area contributed by atoms with Crippen LogP contribution in [0.2, 0.25) is 0 Å². The first-order chi connectivity index (χ1) is 9.11. The second-order valence-corrected chi connectivity index (χ2v) is 6.80. The van der Waals surface area contributed by atoms with E-state index in [4.69, 9.17) is 0 Å². The molecule has 1 aromatic rings. The second-order valence-electron chi connectivity index (χ2n) is 4.92. The standard InChI is InChI=1S/C14H21N3OS/c1-4-16-13-7-15-6-5-12(13)14(18)17-8-10(2)19-11(3)9-17/h5-7,10-11,16H,4,8-9H2,1-3H3. The van der Waals surface area contributed by atoms with Gasteiger partial charge in [-0.3, -0.25) is 9.78 Å². The van der Waals surface area contributed by atoms with E-state index in [1.54, 1.807) is 18.5 Å². The van der Waals surface area contributed by atoms with E-state index in [1.807, 2.05) is 23.6 Å². The van der Waals surface area contributed by atoms with Crippen LogP contribution in [-0.2, 0) is 0 Å². The van der Waals surface area contributed by atoms with Gasteiger partial charge in [-0.15, -0.1) is 0 Å². The quantitative estimate of drug-likeness (QED) is 0.923. The van der Waals surface area contributed by atoms with Crippen LogP contribution in [0.4, 0.5) is 5.69 Å². The van der Waals surface area contributed by atoms with E-state index in [1.165, 1.54) is 0 Å². The molecule has 0 bridgehead atoms. The van der Waals surface area contributed by atoms with Gasteiger partial charge in [-0.2, -0.15) is 11.8 Å². The third-order valence-electron chi connectivity index (χ3n) is 3.13. The van der Waals surface area contributed by atoms with Crippen LogP contribution >= 0.6 is 11.8 Å². The van der Waals surface area contributed by atoms with E-state index in [0.29, 0.717) is 10.5 Å². The van der Waals surface area contributed by atoms with E-state index in [-0.39, 0.29) is 5.91 Å². The maximum absolute atomic E-state index is 12.6. The van der Waals surface area contributed by atoms with Gasteiger partial charge in [0.05, 0.1) is 17.4 Å². The summed E-state index contributed by atoms with van der Waals surface area (Å²) in [6, 6.07) is 1.80. The molecule has 1 aliphatic rings. The SMILES string of the molecule is CCNc1cnccc1C(=O)N1CC(C)SC(C)C1. The first kappa shape index (κ1) is 14.2. The molecule has 1 N–H and O–H groups in total. The van der Waals surface area contributed by atoms with Gasteiger partial charge in [0.1, 0.15) is 0 Å². The summed E-state index contributed by atoms with van der Waals surface area (Å²) >= 11 is 1.95. The summed E-state index contributed by atoms with van der Waals surface area (Å²) in [6.07, 6.45) is 3.40. The lowest BCUT2D eigenvalue weighted by molar-refractivity contribution is 0.0754. The highest BCUT2D eigenvalue weighted by atomic mass is 32.2. The van der Waals surface area contributed by atoms with Crippen molar-refractivity contribution in [2.75, 3.05) is 25.0 Å². The number of hydrogen-bond acceptors (Lipinski definition) is 4. The van der Waals surface area contributed by atoms with E-state index in [9.17, 15) is 4.79 Å². The Morgan fingerprint density at radius 3 is 2.79 bits per heavy atom. The highest BCUT2D eigenvalue weighted by Gasteiger charge is 2.27. The minimum absolute atomic E-state index is 0.109. The Balaban J connectivity index is 2.19.